The topological polar surface area (TPSA) is 96.2 Å². The lowest BCUT2D eigenvalue weighted by Gasteiger charge is -2.01. The van der Waals surface area contributed by atoms with Crippen LogP contribution in [0.25, 0.3) is 11.3 Å². The van der Waals surface area contributed by atoms with Crippen molar-refractivity contribution in [2.75, 3.05) is 0 Å². The van der Waals surface area contributed by atoms with E-state index in [2.05, 4.69) is 10.1 Å². The van der Waals surface area contributed by atoms with Crippen molar-refractivity contribution in [2.45, 2.75) is 6.92 Å². The van der Waals surface area contributed by atoms with Crippen LogP contribution >= 0.6 is 11.6 Å². The van der Waals surface area contributed by atoms with E-state index >= 15 is 0 Å². The molecule has 0 saturated heterocycles. The van der Waals surface area contributed by atoms with Crippen LogP contribution in [0.5, 0.6) is 0 Å². The lowest BCUT2D eigenvalue weighted by atomic mass is 9.99. The van der Waals surface area contributed by atoms with E-state index in [-0.39, 0.29) is 17.0 Å². The number of carbonyl (C=O) groups excluding carboxylic acids is 1. The van der Waals surface area contributed by atoms with E-state index in [1.165, 1.54) is 12.3 Å². The molecule has 0 aliphatic rings. The van der Waals surface area contributed by atoms with Crippen molar-refractivity contribution in [3.8, 4) is 11.3 Å². The predicted molar refractivity (Wildman–Crippen MR) is 82.9 cm³/mol. The van der Waals surface area contributed by atoms with Gasteiger partial charge < -0.3 is 14.6 Å². The van der Waals surface area contributed by atoms with Crippen LogP contribution in [0.4, 0.5) is 0 Å². The number of hydrogen-bond donors (Lipinski definition) is 2. The van der Waals surface area contributed by atoms with Crippen molar-refractivity contribution in [3.63, 3.8) is 0 Å². The molecule has 0 spiro atoms. The molecule has 7 heteroatoms. The summed E-state index contributed by atoms with van der Waals surface area (Å²) in [6, 6.07) is 8.12. The molecule has 2 heterocycles. The molecule has 0 unspecified atom stereocenters. The molecule has 3 rings (SSSR count). The number of carboxylic acid groups (broad SMARTS) is 1. The average Bonchev–Trinajstić information content (AvgIpc) is 3.14. The van der Waals surface area contributed by atoms with Crippen molar-refractivity contribution in [1.82, 2.24) is 10.1 Å². The van der Waals surface area contributed by atoms with Gasteiger partial charge in [-0.05, 0) is 25.1 Å². The Kier molecular flexibility index (Phi) is 3.75. The molecule has 0 radical (unpaired) electrons. The Bertz CT molecular complexity index is 893. The standard InChI is InChI=1S/C16H11ClN2O4/c1-8-13(15(20)10-6-12(16(21)22)18-7-10)14(19-23-8)9-2-4-11(17)5-3-9/h2-7,18H,1H3,(H,21,22). The van der Waals surface area contributed by atoms with Crippen LogP contribution in [0.3, 0.4) is 0 Å². The molecule has 2 N–H and O–H groups in total. The molecule has 3 aromatic rings. The van der Waals surface area contributed by atoms with Gasteiger partial charge in [-0.15, -0.1) is 0 Å². The van der Waals surface area contributed by atoms with Crippen molar-refractivity contribution >= 4 is 23.4 Å². The number of carboxylic acids is 1. The summed E-state index contributed by atoms with van der Waals surface area (Å²) in [4.78, 5) is 26.2. The Balaban J connectivity index is 2.05. The Morgan fingerprint density at radius 2 is 1.96 bits per heavy atom. The minimum absolute atomic E-state index is 0.0597. The van der Waals surface area contributed by atoms with Gasteiger partial charge in [0, 0.05) is 22.3 Å². The average molecular weight is 331 g/mol. The molecular formula is C16H11ClN2O4. The van der Waals surface area contributed by atoms with Crippen molar-refractivity contribution in [3.05, 3.63) is 64.1 Å². The van der Waals surface area contributed by atoms with Gasteiger partial charge >= 0.3 is 5.97 Å². The molecule has 0 aliphatic heterocycles. The fourth-order valence-corrected chi connectivity index (χ4v) is 2.36. The molecule has 0 fully saturated rings. The van der Waals surface area contributed by atoms with Crippen molar-refractivity contribution in [2.24, 2.45) is 0 Å². The van der Waals surface area contributed by atoms with Gasteiger partial charge in [-0.2, -0.15) is 0 Å². The van der Waals surface area contributed by atoms with Crippen LogP contribution in [0, 0.1) is 6.92 Å². The Morgan fingerprint density at radius 3 is 2.57 bits per heavy atom. The van der Waals surface area contributed by atoms with Crippen molar-refractivity contribution < 1.29 is 19.2 Å². The highest BCUT2D eigenvalue weighted by Crippen LogP contribution is 2.28. The number of aromatic nitrogens is 2. The van der Waals surface area contributed by atoms with Crippen LogP contribution in [-0.4, -0.2) is 27.0 Å². The Labute approximate surface area is 135 Å². The molecule has 1 aromatic carbocycles. The fraction of sp³-hybridized carbons (Fsp3) is 0.0625. The largest absolute Gasteiger partial charge is 0.477 e. The first kappa shape index (κ1) is 15.1. The van der Waals surface area contributed by atoms with Crippen LogP contribution < -0.4 is 0 Å². The summed E-state index contributed by atoms with van der Waals surface area (Å²) in [5.41, 5.74) is 1.54. The summed E-state index contributed by atoms with van der Waals surface area (Å²) in [6.07, 6.45) is 1.35. The first-order valence-electron chi connectivity index (χ1n) is 6.66. The second-order valence-electron chi connectivity index (χ2n) is 4.91. The molecule has 2 aromatic heterocycles. The van der Waals surface area contributed by atoms with Gasteiger partial charge in [0.25, 0.3) is 0 Å². The third-order valence-corrected chi connectivity index (χ3v) is 3.64. The number of aromatic amines is 1. The number of aromatic carboxylic acids is 1. The summed E-state index contributed by atoms with van der Waals surface area (Å²) in [6.45, 7) is 1.63. The zero-order valence-electron chi connectivity index (χ0n) is 12.0. The lowest BCUT2D eigenvalue weighted by Crippen LogP contribution is -2.03. The third kappa shape index (κ3) is 2.76. The highest BCUT2D eigenvalue weighted by atomic mass is 35.5. The number of rotatable bonds is 4. The predicted octanol–water partition coefficient (Wildman–Crippen LogP) is 3.56. The van der Waals surface area contributed by atoms with Gasteiger partial charge in [0.15, 0.2) is 5.78 Å². The second-order valence-corrected chi connectivity index (χ2v) is 5.34. The first-order chi connectivity index (χ1) is 11.0. The summed E-state index contributed by atoms with van der Waals surface area (Å²) in [5.74, 6) is -1.14. The Hall–Kier alpha value is -2.86. The van der Waals surface area contributed by atoms with E-state index in [9.17, 15) is 9.59 Å². The quantitative estimate of drug-likeness (QED) is 0.713. The number of carbonyl (C=O) groups is 2. The number of ketones is 1. The van der Waals surface area contributed by atoms with E-state index in [1.807, 2.05) is 0 Å². The van der Waals surface area contributed by atoms with Crippen molar-refractivity contribution in [1.29, 1.82) is 0 Å². The maximum absolute atomic E-state index is 12.7. The molecular weight excluding hydrogens is 320 g/mol. The van der Waals surface area contributed by atoms with E-state index in [1.54, 1.807) is 31.2 Å². The molecule has 116 valence electrons. The Morgan fingerprint density at radius 1 is 1.26 bits per heavy atom. The highest BCUT2D eigenvalue weighted by Gasteiger charge is 2.24. The van der Waals surface area contributed by atoms with Crippen LogP contribution in [0.1, 0.15) is 32.2 Å². The number of nitrogens with zero attached hydrogens (tertiary/aromatic N) is 1. The monoisotopic (exact) mass is 330 g/mol. The van der Waals surface area contributed by atoms with Gasteiger partial charge in [-0.3, -0.25) is 4.79 Å². The second kappa shape index (κ2) is 5.73. The smallest absolute Gasteiger partial charge is 0.352 e. The highest BCUT2D eigenvalue weighted by molar-refractivity contribution is 6.30. The maximum Gasteiger partial charge on any atom is 0.352 e. The number of hydrogen-bond acceptors (Lipinski definition) is 4. The van der Waals surface area contributed by atoms with Crippen LogP contribution in [-0.2, 0) is 0 Å². The van der Waals surface area contributed by atoms with Crippen LogP contribution in [0.2, 0.25) is 5.02 Å². The van der Waals surface area contributed by atoms with Crippen LogP contribution in [0.15, 0.2) is 41.1 Å². The van der Waals surface area contributed by atoms with E-state index in [0.717, 1.165) is 0 Å². The number of aryl methyl sites for hydroxylation is 1. The summed E-state index contributed by atoms with van der Waals surface area (Å²) in [5, 5.41) is 13.4. The molecule has 0 amide bonds. The summed E-state index contributed by atoms with van der Waals surface area (Å²) < 4.78 is 5.15. The lowest BCUT2D eigenvalue weighted by molar-refractivity contribution is 0.0691. The van der Waals surface area contributed by atoms with Gasteiger partial charge in [0.1, 0.15) is 17.1 Å². The number of nitrogens with one attached hydrogen (secondary N) is 1. The van der Waals surface area contributed by atoms with Gasteiger partial charge in [-0.1, -0.05) is 28.9 Å². The molecule has 6 nitrogen and oxygen atoms in total. The summed E-state index contributed by atoms with van der Waals surface area (Å²) >= 11 is 5.86. The number of halogens is 1. The van der Waals surface area contributed by atoms with Gasteiger partial charge in [0.2, 0.25) is 0 Å². The zero-order chi connectivity index (χ0) is 16.6. The fourth-order valence-electron chi connectivity index (χ4n) is 2.24. The molecule has 23 heavy (non-hydrogen) atoms. The van der Waals surface area contributed by atoms with Gasteiger partial charge in [0.05, 0.1) is 5.56 Å². The minimum Gasteiger partial charge on any atom is -0.477 e. The molecule has 0 saturated carbocycles. The third-order valence-electron chi connectivity index (χ3n) is 3.38. The molecule has 0 atom stereocenters. The van der Waals surface area contributed by atoms with E-state index in [4.69, 9.17) is 21.2 Å². The normalized spacial score (nSPS) is 10.7. The van der Waals surface area contributed by atoms with E-state index in [0.29, 0.717) is 27.6 Å². The number of benzene rings is 1. The first-order valence-corrected chi connectivity index (χ1v) is 7.04. The maximum atomic E-state index is 12.7. The minimum atomic E-state index is -1.14. The zero-order valence-corrected chi connectivity index (χ0v) is 12.7. The SMILES string of the molecule is Cc1onc(-c2ccc(Cl)cc2)c1C(=O)c1c[nH]c(C(=O)O)c1. The van der Waals surface area contributed by atoms with E-state index < -0.39 is 5.97 Å². The molecule has 0 bridgehead atoms. The molecule has 0 aliphatic carbocycles. The number of H-pyrrole nitrogens is 1. The summed E-state index contributed by atoms with van der Waals surface area (Å²) in [7, 11) is 0. The van der Waals surface area contributed by atoms with Gasteiger partial charge in [-0.25, -0.2) is 4.79 Å².